The van der Waals surface area contributed by atoms with Crippen LogP contribution < -0.4 is 0 Å². The van der Waals surface area contributed by atoms with Crippen LogP contribution in [0.1, 0.15) is 20.3 Å². The Labute approximate surface area is 56.7 Å². The molecule has 0 bridgehead atoms. The molecule has 0 aliphatic heterocycles. The van der Waals surface area contributed by atoms with Crippen LogP contribution in [0.3, 0.4) is 0 Å². The second-order valence-electron chi connectivity index (χ2n) is 2.58. The van der Waals surface area contributed by atoms with Crippen LogP contribution in [0.2, 0.25) is 0 Å². The standard InChI is InChI=1S/C8H14O/c1-4-5-6-7-8(2,3)9/h4,6-7,9H,1,5H2,2-3H3/b7-6+. The zero-order valence-corrected chi connectivity index (χ0v) is 6.09. The predicted octanol–water partition coefficient (Wildman–Crippen LogP) is 1.89. The lowest BCUT2D eigenvalue weighted by atomic mass is 10.1. The molecule has 0 aliphatic rings. The van der Waals surface area contributed by atoms with Gasteiger partial charge in [-0.2, -0.15) is 0 Å². The van der Waals surface area contributed by atoms with Crippen molar-refractivity contribution in [2.75, 3.05) is 0 Å². The quantitative estimate of drug-likeness (QED) is 0.572. The number of aliphatic hydroxyl groups is 1. The number of hydrogen-bond donors (Lipinski definition) is 1. The van der Waals surface area contributed by atoms with Gasteiger partial charge in [0.2, 0.25) is 0 Å². The first-order valence-corrected chi connectivity index (χ1v) is 3.07. The molecule has 0 amide bonds. The van der Waals surface area contributed by atoms with E-state index in [9.17, 15) is 0 Å². The highest BCUT2D eigenvalue weighted by atomic mass is 16.3. The third-order valence-electron chi connectivity index (χ3n) is 0.828. The maximum absolute atomic E-state index is 9.12. The third-order valence-corrected chi connectivity index (χ3v) is 0.828. The van der Waals surface area contributed by atoms with Gasteiger partial charge in [-0.3, -0.25) is 0 Å². The maximum Gasteiger partial charge on any atom is 0.0771 e. The van der Waals surface area contributed by atoms with E-state index in [-0.39, 0.29) is 0 Å². The molecular formula is C8H14O. The second kappa shape index (κ2) is 3.46. The average molecular weight is 126 g/mol. The van der Waals surface area contributed by atoms with E-state index in [1.54, 1.807) is 26.0 Å². The molecule has 9 heavy (non-hydrogen) atoms. The van der Waals surface area contributed by atoms with Gasteiger partial charge in [0.1, 0.15) is 0 Å². The highest BCUT2D eigenvalue weighted by Gasteiger charge is 2.03. The first-order valence-electron chi connectivity index (χ1n) is 3.07. The van der Waals surface area contributed by atoms with Crippen molar-refractivity contribution in [1.82, 2.24) is 0 Å². The normalized spacial score (nSPS) is 12.3. The molecule has 0 saturated carbocycles. The molecule has 0 heterocycles. The fraction of sp³-hybridized carbons (Fsp3) is 0.500. The van der Waals surface area contributed by atoms with E-state index in [2.05, 4.69) is 6.58 Å². The van der Waals surface area contributed by atoms with Crippen molar-refractivity contribution in [2.24, 2.45) is 0 Å². The molecule has 1 N–H and O–H groups in total. The van der Waals surface area contributed by atoms with Crippen LogP contribution in [0.4, 0.5) is 0 Å². The largest absolute Gasteiger partial charge is 0.386 e. The van der Waals surface area contributed by atoms with Gasteiger partial charge in [-0.25, -0.2) is 0 Å². The van der Waals surface area contributed by atoms with Gasteiger partial charge in [-0.1, -0.05) is 18.2 Å². The average Bonchev–Trinajstić information content (AvgIpc) is 1.63. The van der Waals surface area contributed by atoms with Gasteiger partial charge in [-0.15, -0.1) is 6.58 Å². The Morgan fingerprint density at radius 1 is 1.56 bits per heavy atom. The molecule has 52 valence electrons. The van der Waals surface area contributed by atoms with Crippen molar-refractivity contribution in [3.63, 3.8) is 0 Å². The number of hydrogen-bond acceptors (Lipinski definition) is 1. The monoisotopic (exact) mass is 126 g/mol. The fourth-order valence-electron chi connectivity index (χ4n) is 0.453. The molecule has 1 heteroatoms. The summed E-state index contributed by atoms with van der Waals surface area (Å²) in [7, 11) is 0. The summed E-state index contributed by atoms with van der Waals surface area (Å²) in [5.41, 5.74) is -0.678. The van der Waals surface area contributed by atoms with Crippen LogP contribution in [0.25, 0.3) is 0 Å². The van der Waals surface area contributed by atoms with Gasteiger partial charge in [-0.05, 0) is 20.3 Å². The molecule has 0 radical (unpaired) electrons. The maximum atomic E-state index is 9.12. The summed E-state index contributed by atoms with van der Waals surface area (Å²) >= 11 is 0. The molecule has 0 aromatic heterocycles. The number of allylic oxidation sites excluding steroid dienone is 2. The van der Waals surface area contributed by atoms with Gasteiger partial charge in [0.05, 0.1) is 5.60 Å². The minimum Gasteiger partial charge on any atom is -0.386 e. The molecule has 0 aromatic carbocycles. The minimum atomic E-state index is -0.678. The number of rotatable bonds is 3. The predicted molar refractivity (Wildman–Crippen MR) is 40.3 cm³/mol. The van der Waals surface area contributed by atoms with Crippen molar-refractivity contribution in [3.05, 3.63) is 24.8 Å². The lowest BCUT2D eigenvalue weighted by Crippen LogP contribution is -2.13. The van der Waals surface area contributed by atoms with E-state index in [4.69, 9.17) is 5.11 Å². The zero-order chi connectivity index (χ0) is 7.33. The van der Waals surface area contributed by atoms with Crippen LogP contribution >= 0.6 is 0 Å². The third kappa shape index (κ3) is 7.44. The summed E-state index contributed by atoms with van der Waals surface area (Å²) in [6.07, 6.45) is 6.27. The van der Waals surface area contributed by atoms with Gasteiger partial charge >= 0.3 is 0 Å². The topological polar surface area (TPSA) is 20.2 Å². The van der Waals surface area contributed by atoms with E-state index >= 15 is 0 Å². The van der Waals surface area contributed by atoms with E-state index in [0.29, 0.717) is 0 Å². The SMILES string of the molecule is C=CC/C=C/C(C)(C)O. The van der Waals surface area contributed by atoms with Gasteiger partial charge in [0, 0.05) is 0 Å². The van der Waals surface area contributed by atoms with E-state index in [0.717, 1.165) is 6.42 Å². The summed E-state index contributed by atoms with van der Waals surface area (Å²) in [6, 6.07) is 0. The Morgan fingerprint density at radius 2 is 2.11 bits per heavy atom. The van der Waals surface area contributed by atoms with Crippen molar-refractivity contribution in [3.8, 4) is 0 Å². The van der Waals surface area contributed by atoms with Crippen LogP contribution in [-0.4, -0.2) is 10.7 Å². The van der Waals surface area contributed by atoms with Crippen LogP contribution in [0.15, 0.2) is 24.8 Å². The molecule has 0 saturated heterocycles. The van der Waals surface area contributed by atoms with E-state index in [1.165, 1.54) is 0 Å². The molecule has 0 fully saturated rings. The Morgan fingerprint density at radius 3 is 2.44 bits per heavy atom. The lowest BCUT2D eigenvalue weighted by Gasteiger charge is -2.09. The van der Waals surface area contributed by atoms with Crippen molar-refractivity contribution < 1.29 is 5.11 Å². The van der Waals surface area contributed by atoms with Crippen molar-refractivity contribution in [1.29, 1.82) is 0 Å². The first-order chi connectivity index (χ1) is 4.06. The summed E-state index contributed by atoms with van der Waals surface area (Å²) < 4.78 is 0. The van der Waals surface area contributed by atoms with Crippen LogP contribution in [0.5, 0.6) is 0 Å². The lowest BCUT2D eigenvalue weighted by molar-refractivity contribution is 0.133. The summed E-state index contributed by atoms with van der Waals surface area (Å²) in [5.74, 6) is 0. The molecule has 0 aliphatic carbocycles. The van der Waals surface area contributed by atoms with Gasteiger partial charge in [0.15, 0.2) is 0 Å². The fourth-order valence-corrected chi connectivity index (χ4v) is 0.453. The van der Waals surface area contributed by atoms with Gasteiger partial charge < -0.3 is 5.11 Å². The Bertz CT molecular complexity index is 106. The van der Waals surface area contributed by atoms with Crippen LogP contribution in [0, 0.1) is 0 Å². The summed E-state index contributed by atoms with van der Waals surface area (Å²) in [5, 5.41) is 9.12. The van der Waals surface area contributed by atoms with E-state index < -0.39 is 5.60 Å². The van der Waals surface area contributed by atoms with E-state index in [1.807, 2.05) is 6.08 Å². The highest BCUT2D eigenvalue weighted by Crippen LogP contribution is 2.02. The summed E-state index contributed by atoms with van der Waals surface area (Å²) in [4.78, 5) is 0. The molecule has 0 atom stereocenters. The minimum absolute atomic E-state index is 0.678. The smallest absolute Gasteiger partial charge is 0.0771 e. The molecular weight excluding hydrogens is 112 g/mol. The Balaban J connectivity index is 3.57. The molecule has 0 aromatic rings. The molecule has 1 nitrogen and oxygen atoms in total. The molecule has 0 unspecified atom stereocenters. The Kier molecular flexibility index (Phi) is 3.25. The first kappa shape index (κ1) is 8.44. The second-order valence-corrected chi connectivity index (χ2v) is 2.58. The summed E-state index contributed by atoms with van der Waals surface area (Å²) in [6.45, 7) is 7.03. The van der Waals surface area contributed by atoms with Gasteiger partial charge in [0.25, 0.3) is 0 Å². The Hall–Kier alpha value is -0.560. The zero-order valence-electron chi connectivity index (χ0n) is 6.09. The van der Waals surface area contributed by atoms with Crippen molar-refractivity contribution in [2.45, 2.75) is 25.9 Å². The van der Waals surface area contributed by atoms with Crippen LogP contribution in [-0.2, 0) is 0 Å². The highest BCUT2D eigenvalue weighted by molar-refractivity contribution is 4.97. The van der Waals surface area contributed by atoms with Crippen molar-refractivity contribution >= 4 is 0 Å². The molecule has 0 spiro atoms. The molecule has 0 rings (SSSR count).